The number of carbonyl (C=O) groups is 1. The summed E-state index contributed by atoms with van der Waals surface area (Å²) in [6.07, 6.45) is 2.42. The molecule has 7 heteroatoms. The lowest BCUT2D eigenvalue weighted by Crippen LogP contribution is -2.09. The third-order valence-corrected chi connectivity index (χ3v) is 4.80. The zero-order valence-electron chi connectivity index (χ0n) is 14.7. The molecule has 0 atom stereocenters. The van der Waals surface area contributed by atoms with Gasteiger partial charge >= 0.3 is 5.97 Å². The average molecular weight is 372 g/mol. The first kappa shape index (κ1) is 17.5. The molecular formula is C20H18F2N2O3. The Hall–Kier alpha value is -2.96. The van der Waals surface area contributed by atoms with Gasteiger partial charge in [0.2, 0.25) is 0 Å². The molecule has 0 radical (unpaired) electrons. The minimum atomic E-state index is -1.05. The predicted molar refractivity (Wildman–Crippen MR) is 94.2 cm³/mol. The maximum atomic E-state index is 13.9. The molecule has 0 bridgehead atoms. The fourth-order valence-electron chi connectivity index (χ4n) is 3.26. The number of nitrogens with zero attached hydrogens (tertiary/aromatic N) is 2. The van der Waals surface area contributed by atoms with Crippen molar-refractivity contribution in [3.05, 3.63) is 64.6 Å². The molecule has 1 aliphatic carbocycles. The Morgan fingerprint density at radius 2 is 1.96 bits per heavy atom. The minimum Gasteiger partial charge on any atom is -0.485 e. The number of benzene rings is 1. The van der Waals surface area contributed by atoms with Gasteiger partial charge in [-0.1, -0.05) is 13.0 Å². The highest BCUT2D eigenvalue weighted by molar-refractivity contribution is 5.89. The summed E-state index contributed by atoms with van der Waals surface area (Å²) in [6, 6.07) is 7.05. The summed E-state index contributed by atoms with van der Waals surface area (Å²) in [4.78, 5) is 16.4. The second-order valence-electron chi connectivity index (χ2n) is 6.62. The molecule has 3 aromatic rings. The van der Waals surface area contributed by atoms with Crippen molar-refractivity contribution in [3.63, 3.8) is 0 Å². The number of rotatable bonds is 6. The molecule has 4 rings (SSSR count). The largest absolute Gasteiger partial charge is 0.485 e. The van der Waals surface area contributed by atoms with Crippen LogP contribution in [0.3, 0.4) is 0 Å². The summed E-state index contributed by atoms with van der Waals surface area (Å²) in [7, 11) is 0. The van der Waals surface area contributed by atoms with E-state index in [0.717, 1.165) is 18.5 Å². The Balaban J connectivity index is 1.80. The first-order chi connectivity index (χ1) is 13.0. The predicted octanol–water partition coefficient (Wildman–Crippen LogP) is 4.33. The Labute approximate surface area is 154 Å². The summed E-state index contributed by atoms with van der Waals surface area (Å²) < 4.78 is 35.0. The summed E-state index contributed by atoms with van der Waals surface area (Å²) in [6.45, 7) is 1.61. The number of fused-ring (bicyclic) bond motifs is 1. The van der Waals surface area contributed by atoms with Crippen molar-refractivity contribution in [2.45, 2.75) is 38.7 Å². The van der Waals surface area contributed by atoms with E-state index in [1.54, 1.807) is 16.5 Å². The van der Waals surface area contributed by atoms with Crippen molar-refractivity contribution in [1.29, 1.82) is 0 Å². The number of imidazole rings is 1. The van der Waals surface area contributed by atoms with E-state index >= 15 is 0 Å². The van der Waals surface area contributed by atoms with E-state index < -0.39 is 17.6 Å². The van der Waals surface area contributed by atoms with Gasteiger partial charge in [-0.15, -0.1) is 0 Å². The third-order valence-electron chi connectivity index (χ3n) is 4.80. The zero-order valence-corrected chi connectivity index (χ0v) is 14.7. The lowest BCUT2D eigenvalue weighted by molar-refractivity contribution is 0.0687. The second kappa shape index (κ2) is 6.64. The maximum absolute atomic E-state index is 13.9. The second-order valence-corrected chi connectivity index (χ2v) is 6.62. The van der Waals surface area contributed by atoms with Gasteiger partial charge in [-0.3, -0.25) is 4.40 Å². The van der Waals surface area contributed by atoms with Crippen molar-refractivity contribution in [2.24, 2.45) is 0 Å². The fraction of sp³-hybridized carbons (Fsp3) is 0.300. The topological polar surface area (TPSA) is 63.8 Å². The highest BCUT2D eigenvalue weighted by Gasteiger charge is 2.34. The van der Waals surface area contributed by atoms with Crippen LogP contribution in [0.4, 0.5) is 8.78 Å². The van der Waals surface area contributed by atoms with Crippen LogP contribution in [0.5, 0.6) is 5.75 Å². The van der Waals surface area contributed by atoms with Crippen LogP contribution in [0.2, 0.25) is 0 Å². The fourth-order valence-corrected chi connectivity index (χ4v) is 3.26. The van der Waals surface area contributed by atoms with Crippen molar-refractivity contribution in [2.75, 3.05) is 0 Å². The molecule has 0 saturated heterocycles. The molecule has 1 N–H and O–H groups in total. The number of aromatic nitrogens is 2. The van der Waals surface area contributed by atoms with Gasteiger partial charge in [-0.2, -0.15) is 0 Å². The number of hydrogen-bond donors (Lipinski definition) is 1. The molecular weight excluding hydrogens is 354 g/mol. The van der Waals surface area contributed by atoms with Gasteiger partial charge in [-0.05, 0) is 43.5 Å². The highest BCUT2D eigenvalue weighted by Crippen LogP contribution is 2.42. The van der Waals surface area contributed by atoms with Crippen molar-refractivity contribution in [1.82, 2.24) is 9.38 Å². The smallest absolute Gasteiger partial charge is 0.354 e. The number of pyridine rings is 1. The van der Waals surface area contributed by atoms with Crippen LogP contribution in [0.15, 0.2) is 30.3 Å². The number of halogens is 2. The number of aromatic carboxylic acids is 1. The van der Waals surface area contributed by atoms with Crippen LogP contribution < -0.4 is 4.74 Å². The van der Waals surface area contributed by atoms with Gasteiger partial charge in [0.1, 0.15) is 18.2 Å². The highest BCUT2D eigenvalue weighted by atomic mass is 19.1. The lowest BCUT2D eigenvalue weighted by atomic mass is 10.2. The van der Waals surface area contributed by atoms with Gasteiger partial charge in [-0.25, -0.2) is 18.6 Å². The Bertz CT molecular complexity index is 1020. The molecule has 0 amide bonds. The maximum Gasteiger partial charge on any atom is 0.354 e. The standard InChI is InChI=1S/C20H18F2N2O3/c1-2-12-8-9-16(27-10-13-14(21)4-3-5-15(13)22)19-23-17(11-6-7-11)18(20(25)26)24(12)19/h3-5,8-9,11H,2,6-7,10H2,1H3,(H,25,26). The molecule has 2 aromatic heterocycles. The lowest BCUT2D eigenvalue weighted by Gasteiger charge is -2.12. The molecule has 140 valence electrons. The quantitative estimate of drug-likeness (QED) is 0.700. The monoisotopic (exact) mass is 372 g/mol. The number of carboxylic acid groups (broad SMARTS) is 1. The average Bonchev–Trinajstić information content (AvgIpc) is 3.40. The summed E-state index contributed by atoms with van der Waals surface area (Å²) >= 11 is 0. The van der Waals surface area contributed by atoms with Crippen LogP contribution in [-0.4, -0.2) is 20.5 Å². The van der Waals surface area contributed by atoms with Gasteiger partial charge in [0.15, 0.2) is 17.1 Å². The number of carboxylic acids is 1. The Morgan fingerprint density at radius 3 is 2.56 bits per heavy atom. The molecule has 0 unspecified atom stereocenters. The summed E-state index contributed by atoms with van der Waals surface area (Å²) in [5, 5.41) is 9.72. The normalized spacial score (nSPS) is 13.9. The van der Waals surface area contributed by atoms with Crippen molar-refractivity contribution < 1.29 is 23.4 Å². The van der Waals surface area contributed by atoms with Gasteiger partial charge in [0.25, 0.3) is 0 Å². The zero-order chi connectivity index (χ0) is 19.1. The molecule has 1 aliphatic rings. The number of ether oxygens (including phenoxy) is 1. The van der Waals surface area contributed by atoms with E-state index in [1.807, 2.05) is 6.92 Å². The summed E-state index contributed by atoms with van der Waals surface area (Å²) in [5.74, 6) is -1.99. The van der Waals surface area contributed by atoms with Crippen LogP contribution in [-0.2, 0) is 13.0 Å². The minimum absolute atomic E-state index is 0.137. The van der Waals surface area contributed by atoms with Crippen molar-refractivity contribution >= 4 is 11.6 Å². The van der Waals surface area contributed by atoms with Crippen LogP contribution >= 0.6 is 0 Å². The van der Waals surface area contributed by atoms with Crippen molar-refractivity contribution in [3.8, 4) is 5.75 Å². The molecule has 1 saturated carbocycles. The van der Waals surface area contributed by atoms with E-state index in [2.05, 4.69) is 4.98 Å². The summed E-state index contributed by atoms with van der Waals surface area (Å²) in [5.41, 5.74) is 1.66. The van der Waals surface area contributed by atoms with E-state index in [4.69, 9.17) is 4.74 Å². The Kier molecular flexibility index (Phi) is 4.30. The van der Waals surface area contributed by atoms with E-state index in [1.165, 1.54) is 18.2 Å². The first-order valence-electron chi connectivity index (χ1n) is 8.84. The first-order valence-corrected chi connectivity index (χ1v) is 8.84. The van der Waals surface area contributed by atoms with E-state index in [9.17, 15) is 18.7 Å². The molecule has 0 aliphatic heterocycles. The molecule has 1 fully saturated rings. The number of aryl methyl sites for hydroxylation is 1. The van der Waals surface area contributed by atoms with Gasteiger partial charge in [0.05, 0.1) is 11.3 Å². The van der Waals surface area contributed by atoms with Crippen LogP contribution in [0.25, 0.3) is 5.65 Å². The van der Waals surface area contributed by atoms with Crippen LogP contribution in [0, 0.1) is 11.6 Å². The number of hydrogen-bond acceptors (Lipinski definition) is 3. The molecule has 5 nitrogen and oxygen atoms in total. The third kappa shape index (κ3) is 3.03. The van der Waals surface area contributed by atoms with Gasteiger partial charge < -0.3 is 9.84 Å². The molecule has 0 spiro atoms. The van der Waals surface area contributed by atoms with Crippen LogP contribution in [0.1, 0.15) is 53.1 Å². The van der Waals surface area contributed by atoms with E-state index in [-0.39, 0.29) is 23.8 Å². The molecule has 2 heterocycles. The SMILES string of the molecule is CCc1ccc(OCc2c(F)cccc2F)c2nc(C3CC3)c(C(=O)O)n12. The van der Waals surface area contributed by atoms with E-state index in [0.29, 0.717) is 23.5 Å². The Morgan fingerprint density at radius 1 is 1.26 bits per heavy atom. The van der Waals surface area contributed by atoms with Gasteiger partial charge in [0, 0.05) is 11.6 Å². The molecule has 1 aromatic carbocycles. The molecule has 27 heavy (non-hydrogen) atoms.